The topological polar surface area (TPSA) is 74.2 Å². The molecule has 1 saturated carbocycles. The first kappa shape index (κ1) is 15.5. The highest BCUT2D eigenvalue weighted by molar-refractivity contribution is 6.33. The van der Waals surface area contributed by atoms with Crippen molar-refractivity contribution in [1.29, 1.82) is 0 Å². The zero-order valence-electron chi connectivity index (χ0n) is 13.0. The van der Waals surface area contributed by atoms with Gasteiger partial charge in [0.1, 0.15) is 5.54 Å². The van der Waals surface area contributed by atoms with E-state index < -0.39 is 5.54 Å². The minimum absolute atomic E-state index is 0.0955. The molecule has 0 spiro atoms. The van der Waals surface area contributed by atoms with Crippen LogP contribution in [-0.2, 0) is 10.3 Å². The molecule has 2 unspecified atom stereocenters. The second-order valence-corrected chi connectivity index (χ2v) is 6.65. The van der Waals surface area contributed by atoms with Gasteiger partial charge in [0, 0.05) is 24.0 Å². The van der Waals surface area contributed by atoms with E-state index in [9.17, 15) is 0 Å². The monoisotopic (exact) mass is 321 g/mol. The van der Waals surface area contributed by atoms with Gasteiger partial charge < -0.3 is 15.0 Å². The molecule has 6 heteroatoms. The Balaban J connectivity index is 1.91. The summed E-state index contributed by atoms with van der Waals surface area (Å²) in [6.45, 7) is 6.78. The summed E-state index contributed by atoms with van der Waals surface area (Å²) < 4.78 is 11.2. The third-order valence-corrected chi connectivity index (χ3v) is 5.08. The fourth-order valence-corrected chi connectivity index (χ4v) is 3.18. The van der Waals surface area contributed by atoms with Crippen molar-refractivity contribution in [3.8, 4) is 11.4 Å². The maximum absolute atomic E-state index is 6.54. The zero-order chi connectivity index (χ0) is 16.0. The van der Waals surface area contributed by atoms with Crippen LogP contribution in [0.1, 0.15) is 33.1 Å². The van der Waals surface area contributed by atoms with E-state index in [2.05, 4.69) is 24.0 Å². The molecule has 1 aliphatic carbocycles. The summed E-state index contributed by atoms with van der Waals surface area (Å²) in [5.74, 6) is 0.893. The zero-order valence-corrected chi connectivity index (χ0v) is 13.7. The van der Waals surface area contributed by atoms with E-state index in [0.717, 1.165) is 5.56 Å². The highest BCUT2D eigenvalue weighted by Crippen LogP contribution is 2.55. The summed E-state index contributed by atoms with van der Waals surface area (Å²) in [6.07, 6.45) is 0.760. The van der Waals surface area contributed by atoms with E-state index in [1.807, 2.05) is 25.1 Å². The summed E-state index contributed by atoms with van der Waals surface area (Å²) in [4.78, 5) is 4.48. The Morgan fingerprint density at radius 2 is 2.14 bits per heavy atom. The van der Waals surface area contributed by atoms with Crippen molar-refractivity contribution in [1.82, 2.24) is 10.1 Å². The van der Waals surface area contributed by atoms with E-state index in [4.69, 9.17) is 26.6 Å². The number of hydrogen-bond acceptors (Lipinski definition) is 5. The number of hydrogen-bond donors (Lipinski definition) is 1. The highest BCUT2D eigenvalue weighted by atomic mass is 35.5. The summed E-state index contributed by atoms with van der Waals surface area (Å²) in [5.41, 5.74) is 6.33. The quantitative estimate of drug-likeness (QED) is 0.934. The first-order valence-electron chi connectivity index (χ1n) is 7.39. The van der Waals surface area contributed by atoms with Gasteiger partial charge in [-0.05, 0) is 19.1 Å². The largest absolute Gasteiger partial charge is 0.378 e. The number of benzene rings is 1. The fraction of sp³-hybridized carbons (Fsp3) is 0.500. The summed E-state index contributed by atoms with van der Waals surface area (Å²) in [6, 6.07) is 7.39. The van der Waals surface area contributed by atoms with Crippen molar-refractivity contribution in [3.63, 3.8) is 0 Å². The van der Waals surface area contributed by atoms with Crippen LogP contribution in [0.15, 0.2) is 28.8 Å². The van der Waals surface area contributed by atoms with Gasteiger partial charge in [-0.25, -0.2) is 0 Å². The van der Waals surface area contributed by atoms with Crippen molar-refractivity contribution in [2.24, 2.45) is 11.1 Å². The SMILES string of the molecule is CCOC1CC(N)(c2nc(-c3ccccc3Cl)no2)C1(C)C. The molecule has 2 N–H and O–H groups in total. The van der Waals surface area contributed by atoms with Crippen LogP contribution in [0.2, 0.25) is 5.02 Å². The molecule has 1 aromatic carbocycles. The van der Waals surface area contributed by atoms with E-state index in [0.29, 0.717) is 29.8 Å². The number of rotatable bonds is 4. The normalized spacial score (nSPS) is 26.7. The molecule has 1 aliphatic rings. The molecular formula is C16H20ClN3O2. The van der Waals surface area contributed by atoms with Gasteiger partial charge in [0.05, 0.1) is 11.1 Å². The van der Waals surface area contributed by atoms with Gasteiger partial charge >= 0.3 is 0 Å². The number of nitrogens with zero attached hydrogens (tertiary/aromatic N) is 2. The van der Waals surface area contributed by atoms with E-state index in [1.165, 1.54) is 0 Å². The van der Waals surface area contributed by atoms with Crippen LogP contribution in [-0.4, -0.2) is 22.9 Å². The first-order valence-corrected chi connectivity index (χ1v) is 7.77. The van der Waals surface area contributed by atoms with Gasteiger partial charge in [0.15, 0.2) is 0 Å². The Morgan fingerprint density at radius 3 is 2.77 bits per heavy atom. The van der Waals surface area contributed by atoms with E-state index >= 15 is 0 Å². The van der Waals surface area contributed by atoms with Crippen LogP contribution in [0.25, 0.3) is 11.4 Å². The Morgan fingerprint density at radius 1 is 1.41 bits per heavy atom. The smallest absolute Gasteiger partial charge is 0.247 e. The number of aromatic nitrogens is 2. The van der Waals surface area contributed by atoms with Crippen molar-refractivity contribution in [3.05, 3.63) is 35.2 Å². The van der Waals surface area contributed by atoms with Crippen molar-refractivity contribution in [2.45, 2.75) is 38.8 Å². The van der Waals surface area contributed by atoms with Crippen LogP contribution in [0, 0.1) is 5.41 Å². The van der Waals surface area contributed by atoms with Crippen LogP contribution < -0.4 is 5.73 Å². The molecule has 5 nitrogen and oxygen atoms in total. The lowest BCUT2D eigenvalue weighted by Gasteiger charge is -2.56. The lowest BCUT2D eigenvalue weighted by atomic mass is 9.54. The van der Waals surface area contributed by atoms with Gasteiger partial charge in [0.25, 0.3) is 0 Å². The molecular weight excluding hydrogens is 302 g/mol. The summed E-state index contributed by atoms with van der Waals surface area (Å²) >= 11 is 6.18. The van der Waals surface area contributed by atoms with Gasteiger partial charge in [0.2, 0.25) is 11.7 Å². The minimum atomic E-state index is -0.681. The second-order valence-electron chi connectivity index (χ2n) is 6.24. The highest BCUT2D eigenvalue weighted by Gasteiger charge is 2.62. The second kappa shape index (κ2) is 5.33. The molecule has 3 rings (SSSR count). The van der Waals surface area contributed by atoms with E-state index in [1.54, 1.807) is 6.07 Å². The third kappa shape index (κ3) is 2.16. The molecule has 1 fully saturated rings. The molecule has 1 heterocycles. The number of ether oxygens (including phenoxy) is 1. The average Bonchev–Trinajstić information content (AvgIpc) is 2.97. The Labute approximate surface area is 134 Å². The maximum atomic E-state index is 6.54. The van der Waals surface area contributed by atoms with Gasteiger partial charge in [-0.2, -0.15) is 4.98 Å². The molecule has 0 radical (unpaired) electrons. The molecule has 118 valence electrons. The summed E-state index contributed by atoms with van der Waals surface area (Å²) in [7, 11) is 0. The number of nitrogens with two attached hydrogens (primary N) is 1. The molecule has 22 heavy (non-hydrogen) atoms. The van der Waals surface area contributed by atoms with E-state index in [-0.39, 0.29) is 11.5 Å². The first-order chi connectivity index (χ1) is 10.4. The van der Waals surface area contributed by atoms with Crippen LogP contribution in [0.5, 0.6) is 0 Å². The Hall–Kier alpha value is -1.43. The molecule has 0 amide bonds. The van der Waals surface area contributed by atoms with Crippen molar-refractivity contribution in [2.75, 3.05) is 6.61 Å². The molecule has 0 bridgehead atoms. The molecule has 2 atom stereocenters. The third-order valence-electron chi connectivity index (χ3n) is 4.75. The molecule has 0 aliphatic heterocycles. The lowest BCUT2D eigenvalue weighted by Crippen LogP contribution is -2.67. The van der Waals surface area contributed by atoms with Gasteiger partial charge in [-0.3, -0.25) is 0 Å². The average molecular weight is 322 g/mol. The molecule has 0 saturated heterocycles. The van der Waals surface area contributed by atoms with Crippen molar-refractivity contribution >= 4 is 11.6 Å². The van der Waals surface area contributed by atoms with Crippen LogP contribution in [0.4, 0.5) is 0 Å². The number of halogens is 1. The van der Waals surface area contributed by atoms with Crippen molar-refractivity contribution < 1.29 is 9.26 Å². The Bertz CT molecular complexity index is 686. The van der Waals surface area contributed by atoms with Crippen LogP contribution >= 0.6 is 11.6 Å². The standard InChI is InChI=1S/C16H20ClN3O2/c1-4-21-12-9-16(18,15(12,2)3)14-19-13(20-22-14)10-7-5-6-8-11(10)17/h5-8,12H,4,9,18H2,1-3H3. The van der Waals surface area contributed by atoms with Gasteiger partial charge in [-0.1, -0.05) is 42.7 Å². The Kier molecular flexibility index (Phi) is 3.75. The molecule has 1 aromatic heterocycles. The predicted molar refractivity (Wildman–Crippen MR) is 84.4 cm³/mol. The summed E-state index contributed by atoms with van der Waals surface area (Å²) in [5, 5.41) is 4.62. The predicted octanol–water partition coefficient (Wildman–Crippen LogP) is 3.38. The van der Waals surface area contributed by atoms with Gasteiger partial charge in [-0.15, -0.1) is 0 Å². The van der Waals surface area contributed by atoms with Crippen LogP contribution in [0.3, 0.4) is 0 Å². The molecule has 2 aromatic rings. The maximum Gasteiger partial charge on any atom is 0.247 e. The fourth-order valence-electron chi connectivity index (χ4n) is 2.95. The lowest BCUT2D eigenvalue weighted by molar-refractivity contribution is -0.162. The minimum Gasteiger partial charge on any atom is -0.378 e.